The molecule has 1 unspecified atom stereocenters. The van der Waals surface area contributed by atoms with Gasteiger partial charge in [-0.2, -0.15) is 0 Å². The molecule has 0 heterocycles. The largest absolute Gasteiger partial charge is 0.481 e. The maximum absolute atomic E-state index is 11.4. The van der Waals surface area contributed by atoms with Crippen molar-refractivity contribution in [3.63, 3.8) is 0 Å². The van der Waals surface area contributed by atoms with Crippen molar-refractivity contribution in [3.05, 3.63) is 0 Å². The van der Waals surface area contributed by atoms with Crippen molar-refractivity contribution in [2.45, 2.75) is 72.1 Å². The van der Waals surface area contributed by atoms with Crippen LogP contribution in [0, 0.1) is 11.3 Å². The van der Waals surface area contributed by atoms with E-state index < -0.39 is 20.2 Å². The highest BCUT2D eigenvalue weighted by molar-refractivity contribution is 6.74. The Kier molecular flexibility index (Phi) is 6.45. The van der Waals surface area contributed by atoms with E-state index in [4.69, 9.17) is 10.2 Å². The van der Waals surface area contributed by atoms with E-state index in [1.165, 1.54) is 0 Å². The van der Waals surface area contributed by atoms with Crippen LogP contribution in [0.15, 0.2) is 0 Å². The molecule has 4 nitrogen and oxygen atoms in total. The second-order valence-electron chi connectivity index (χ2n) is 8.24. The van der Waals surface area contributed by atoms with E-state index in [1.807, 2.05) is 20.8 Å². The zero-order valence-electron chi connectivity index (χ0n) is 14.4. The van der Waals surface area contributed by atoms with Crippen LogP contribution >= 0.6 is 0 Å². The van der Waals surface area contributed by atoms with Gasteiger partial charge in [0.05, 0.1) is 5.92 Å². The fourth-order valence-corrected chi connectivity index (χ4v) is 3.09. The predicted octanol–water partition coefficient (Wildman–Crippen LogP) is 3.47. The molecular weight excluding hydrogens is 270 g/mol. The van der Waals surface area contributed by atoms with Crippen LogP contribution in [0.5, 0.6) is 0 Å². The Labute approximate surface area is 125 Å². The molecule has 3 N–H and O–H groups in total. The molecule has 2 atom stereocenters. The van der Waals surface area contributed by atoms with E-state index in [0.29, 0.717) is 13.0 Å². The second-order valence-corrected chi connectivity index (χ2v) is 13.1. The van der Waals surface area contributed by atoms with Gasteiger partial charge in [0.15, 0.2) is 8.32 Å². The molecule has 0 aliphatic rings. The van der Waals surface area contributed by atoms with Crippen LogP contribution in [0.25, 0.3) is 0 Å². The van der Waals surface area contributed by atoms with Gasteiger partial charge in [0.2, 0.25) is 0 Å². The van der Waals surface area contributed by atoms with Gasteiger partial charge < -0.3 is 15.3 Å². The number of aliphatic carboxylic acids is 1. The molecule has 0 saturated heterocycles. The number of rotatable bonds is 6. The van der Waals surface area contributed by atoms with E-state index in [0.717, 1.165) is 0 Å². The molecule has 0 radical (unpaired) electrons. The van der Waals surface area contributed by atoms with Gasteiger partial charge in [-0.15, -0.1) is 0 Å². The maximum Gasteiger partial charge on any atom is 0.308 e. The Hall–Kier alpha value is -0.393. The first-order valence-corrected chi connectivity index (χ1v) is 10.2. The molecular formula is C15H33NO3Si. The second kappa shape index (κ2) is 6.58. The third-order valence-electron chi connectivity index (χ3n) is 4.35. The fraction of sp³-hybridized carbons (Fsp3) is 0.933. The summed E-state index contributed by atoms with van der Waals surface area (Å²) < 4.78 is 6.07. The Morgan fingerprint density at radius 2 is 1.65 bits per heavy atom. The minimum atomic E-state index is -1.78. The Balaban J connectivity index is 4.57. The summed E-state index contributed by atoms with van der Waals surface area (Å²) in [6.45, 7) is 17.2. The summed E-state index contributed by atoms with van der Waals surface area (Å²) in [6.07, 6.45) is 0.584. The van der Waals surface area contributed by atoms with E-state index >= 15 is 0 Å². The SMILES string of the molecule is CC(C)(C)[C@@H](C(=O)O)C(N)CCO[Si](C)(C)C(C)(C)C. The Morgan fingerprint density at radius 1 is 1.20 bits per heavy atom. The molecule has 0 saturated carbocycles. The highest BCUT2D eigenvalue weighted by Crippen LogP contribution is 2.37. The summed E-state index contributed by atoms with van der Waals surface area (Å²) in [5.41, 5.74) is 5.75. The van der Waals surface area contributed by atoms with Gasteiger partial charge in [-0.25, -0.2) is 0 Å². The first-order valence-electron chi connectivity index (χ1n) is 7.32. The molecule has 0 aromatic heterocycles. The lowest BCUT2D eigenvalue weighted by molar-refractivity contribution is -0.146. The van der Waals surface area contributed by atoms with Gasteiger partial charge in [-0.3, -0.25) is 4.79 Å². The average molecular weight is 304 g/mol. The van der Waals surface area contributed by atoms with Crippen LogP contribution in [0.4, 0.5) is 0 Å². The van der Waals surface area contributed by atoms with Gasteiger partial charge in [0, 0.05) is 12.6 Å². The Bertz CT molecular complexity index is 329. The van der Waals surface area contributed by atoms with Gasteiger partial charge in [0.1, 0.15) is 0 Å². The fourth-order valence-electron chi connectivity index (χ4n) is 2.03. The summed E-state index contributed by atoms with van der Waals surface area (Å²) in [5, 5.41) is 9.52. The molecule has 120 valence electrons. The van der Waals surface area contributed by atoms with Crippen LogP contribution in [-0.4, -0.2) is 32.0 Å². The quantitative estimate of drug-likeness (QED) is 0.737. The van der Waals surface area contributed by atoms with E-state index in [-0.39, 0.29) is 16.5 Å². The highest BCUT2D eigenvalue weighted by atomic mass is 28.4. The van der Waals surface area contributed by atoms with Crippen molar-refractivity contribution < 1.29 is 14.3 Å². The molecule has 0 spiro atoms. The topological polar surface area (TPSA) is 72.5 Å². The number of hydrogen-bond donors (Lipinski definition) is 2. The number of nitrogens with two attached hydrogens (primary N) is 1. The van der Waals surface area contributed by atoms with Crippen molar-refractivity contribution in [2.75, 3.05) is 6.61 Å². The number of carboxylic acid groups (broad SMARTS) is 1. The van der Waals surface area contributed by atoms with Crippen LogP contribution in [0.1, 0.15) is 48.0 Å². The summed E-state index contributed by atoms with van der Waals surface area (Å²) in [7, 11) is -1.78. The molecule has 0 aromatic carbocycles. The number of carbonyl (C=O) groups is 1. The lowest BCUT2D eigenvalue weighted by Gasteiger charge is -2.37. The van der Waals surface area contributed by atoms with Crippen molar-refractivity contribution >= 4 is 14.3 Å². The minimum absolute atomic E-state index is 0.160. The van der Waals surface area contributed by atoms with E-state index in [1.54, 1.807) is 0 Å². The van der Waals surface area contributed by atoms with Crippen molar-refractivity contribution in [3.8, 4) is 0 Å². The molecule has 0 aliphatic carbocycles. The molecule has 0 rings (SSSR count). The Morgan fingerprint density at radius 3 is 1.95 bits per heavy atom. The lowest BCUT2D eigenvalue weighted by Crippen LogP contribution is -2.46. The van der Waals surface area contributed by atoms with Gasteiger partial charge in [0.25, 0.3) is 0 Å². The van der Waals surface area contributed by atoms with Crippen molar-refractivity contribution in [2.24, 2.45) is 17.1 Å². The standard InChI is InChI=1S/C15H33NO3Si/c1-14(2,3)12(13(17)18)11(16)9-10-19-20(7,8)15(4,5)6/h11-12H,9-10,16H2,1-8H3,(H,17,18)/t11?,12-/m1/s1. The maximum atomic E-state index is 11.4. The lowest BCUT2D eigenvalue weighted by atomic mass is 9.75. The summed E-state index contributed by atoms with van der Waals surface area (Å²) in [4.78, 5) is 11.4. The third kappa shape index (κ3) is 5.54. The monoisotopic (exact) mass is 303 g/mol. The van der Waals surface area contributed by atoms with Crippen LogP contribution in [0.3, 0.4) is 0 Å². The van der Waals surface area contributed by atoms with Crippen LogP contribution in [-0.2, 0) is 9.22 Å². The van der Waals surface area contributed by atoms with E-state index in [2.05, 4.69) is 33.9 Å². The zero-order valence-corrected chi connectivity index (χ0v) is 15.4. The molecule has 0 aromatic rings. The van der Waals surface area contributed by atoms with Gasteiger partial charge >= 0.3 is 5.97 Å². The van der Waals surface area contributed by atoms with Gasteiger partial charge in [-0.1, -0.05) is 41.5 Å². The normalized spacial score (nSPS) is 16.9. The molecule has 0 bridgehead atoms. The first-order chi connectivity index (χ1) is 8.70. The molecule has 5 heteroatoms. The van der Waals surface area contributed by atoms with Crippen molar-refractivity contribution in [1.82, 2.24) is 0 Å². The van der Waals surface area contributed by atoms with Crippen molar-refractivity contribution in [1.29, 1.82) is 0 Å². The summed E-state index contributed by atoms with van der Waals surface area (Å²) in [6, 6.07) is -0.378. The molecule has 20 heavy (non-hydrogen) atoms. The number of carboxylic acids is 1. The summed E-state index contributed by atoms with van der Waals surface area (Å²) in [5.74, 6) is -1.37. The van der Waals surface area contributed by atoms with Gasteiger partial charge in [-0.05, 0) is 30.0 Å². The molecule has 0 fully saturated rings. The van der Waals surface area contributed by atoms with E-state index in [9.17, 15) is 9.90 Å². The summed E-state index contributed by atoms with van der Waals surface area (Å²) >= 11 is 0. The molecule has 0 aliphatic heterocycles. The van der Waals surface area contributed by atoms with Crippen LogP contribution < -0.4 is 5.73 Å². The average Bonchev–Trinajstić information content (AvgIpc) is 2.11. The minimum Gasteiger partial charge on any atom is -0.481 e. The van der Waals surface area contributed by atoms with Crippen LogP contribution in [0.2, 0.25) is 18.1 Å². The highest BCUT2D eigenvalue weighted by Gasteiger charge is 2.39. The number of hydrogen-bond acceptors (Lipinski definition) is 3. The molecule has 0 amide bonds. The zero-order chi connectivity index (χ0) is 16.4. The first kappa shape index (κ1) is 19.6. The predicted molar refractivity (Wildman–Crippen MR) is 86.3 cm³/mol. The smallest absolute Gasteiger partial charge is 0.308 e. The third-order valence-corrected chi connectivity index (χ3v) is 8.89.